The van der Waals surface area contributed by atoms with E-state index in [1.807, 2.05) is 36.4 Å². The first-order valence-corrected chi connectivity index (χ1v) is 6.67. The van der Waals surface area contributed by atoms with Crippen molar-refractivity contribution in [3.8, 4) is 11.4 Å². The van der Waals surface area contributed by atoms with Crippen molar-refractivity contribution in [1.29, 1.82) is 0 Å². The molecule has 17 heavy (non-hydrogen) atoms. The first-order chi connectivity index (χ1) is 7.97. The summed E-state index contributed by atoms with van der Waals surface area (Å²) in [7, 11) is 0. The van der Waals surface area contributed by atoms with Crippen molar-refractivity contribution in [2.24, 2.45) is 0 Å². The SMILES string of the molecule is [O]=[Cr](=[O])([OH])[OH].c1ccc(-c2ccccn2)nc1. The molecule has 2 aromatic rings. The van der Waals surface area contributed by atoms with Crippen LogP contribution in [0.3, 0.4) is 0 Å². The summed E-state index contributed by atoms with van der Waals surface area (Å²) in [4.78, 5) is 8.37. The van der Waals surface area contributed by atoms with Gasteiger partial charge >= 0.3 is 29.5 Å². The van der Waals surface area contributed by atoms with E-state index in [0.717, 1.165) is 11.4 Å². The molecule has 0 atom stereocenters. The second-order valence-corrected chi connectivity index (χ2v) is 4.28. The van der Waals surface area contributed by atoms with Crippen molar-refractivity contribution >= 4 is 0 Å². The van der Waals surface area contributed by atoms with Crippen LogP contribution >= 0.6 is 0 Å². The van der Waals surface area contributed by atoms with Crippen molar-refractivity contribution in [3.05, 3.63) is 48.8 Å². The van der Waals surface area contributed by atoms with Crippen LogP contribution in [0.2, 0.25) is 0 Å². The predicted octanol–water partition coefficient (Wildman–Crippen LogP) is 0.790. The molecule has 0 saturated carbocycles. The van der Waals surface area contributed by atoms with Gasteiger partial charge in [-0.05, 0) is 24.3 Å². The van der Waals surface area contributed by atoms with Gasteiger partial charge in [-0.15, -0.1) is 0 Å². The topological polar surface area (TPSA) is 100 Å². The zero-order chi connectivity index (χ0) is 12.7. The van der Waals surface area contributed by atoms with E-state index in [1.165, 1.54) is 0 Å². The molecule has 0 spiro atoms. The maximum Gasteiger partial charge on any atom is 0.0886 e. The summed E-state index contributed by atoms with van der Waals surface area (Å²) in [5.41, 5.74) is 1.83. The van der Waals surface area contributed by atoms with E-state index < -0.39 is 13.6 Å². The number of nitrogens with zero attached hydrogens (tertiary/aromatic N) is 2. The summed E-state index contributed by atoms with van der Waals surface area (Å²) >= 11 is -5.25. The molecule has 6 nitrogen and oxygen atoms in total. The van der Waals surface area contributed by atoms with Crippen LogP contribution < -0.4 is 0 Å². The molecule has 0 amide bonds. The maximum absolute atomic E-state index is 8.82. The van der Waals surface area contributed by atoms with Gasteiger partial charge in [-0.2, -0.15) is 0 Å². The quantitative estimate of drug-likeness (QED) is 0.797. The molecule has 0 aliphatic heterocycles. The second kappa shape index (κ2) is 6.18. The summed E-state index contributed by atoms with van der Waals surface area (Å²) in [6.07, 6.45) is 3.54. The van der Waals surface area contributed by atoms with Crippen LogP contribution in [-0.4, -0.2) is 18.3 Å². The van der Waals surface area contributed by atoms with Gasteiger partial charge in [0.2, 0.25) is 0 Å². The third kappa shape index (κ3) is 6.50. The van der Waals surface area contributed by atoms with Crippen molar-refractivity contribution in [2.45, 2.75) is 0 Å². The van der Waals surface area contributed by atoms with Crippen molar-refractivity contribution in [1.82, 2.24) is 9.97 Å². The number of hydrogen-bond acceptors (Lipinski definition) is 4. The van der Waals surface area contributed by atoms with Crippen LogP contribution in [0, 0.1) is 0 Å². The minimum atomic E-state index is -5.25. The minimum absolute atomic E-state index is 0.915. The molecule has 0 unspecified atom stereocenters. The van der Waals surface area contributed by atoms with E-state index in [2.05, 4.69) is 9.97 Å². The summed E-state index contributed by atoms with van der Waals surface area (Å²) in [6.45, 7) is 0. The Kier molecular flexibility index (Phi) is 4.88. The molecular formula is C10H10CrN2O4. The number of rotatable bonds is 1. The zero-order valence-corrected chi connectivity index (χ0v) is 9.91. The Labute approximate surface area is 100.0 Å². The van der Waals surface area contributed by atoms with Crippen LogP contribution in [0.5, 0.6) is 0 Å². The molecule has 2 rings (SSSR count). The van der Waals surface area contributed by atoms with Gasteiger partial charge in [0.25, 0.3) is 0 Å². The Morgan fingerprint density at radius 3 is 1.41 bits per heavy atom. The molecule has 2 aromatic heterocycles. The van der Waals surface area contributed by atoms with E-state index >= 15 is 0 Å². The Balaban J connectivity index is 0.000000249. The fraction of sp³-hybridized carbons (Fsp3) is 0. The Morgan fingerprint density at radius 2 is 1.18 bits per heavy atom. The molecule has 0 aromatic carbocycles. The van der Waals surface area contributed by atoms with Crippen LogP contribution in [0.4, 0.5) is 0 Å². The molecular weight excluding hydrogens is 264 g/mol. The minimum Gasteiger partial charge on any atom is -0.255 e. The molecule has 0 fully saturated rings. The van der Waals surface area contributed by atoms with Gasteiger partial charge < -0.3 is 0 Å². The summed E-state index contributed by atoms with van der Waals surface area (Å²) in [6, 6.07) is 11.6. The molecule has 0 radical (unpaired) electrons. The van der Waals surface area contributed by atoms with Gasteiger partial charge in [-0.3, -0.25) is 9.97 Å². The molecule has 2 N–H and O–H groups in total. The van der Waals surface area contributed by atoms with Crippen LogP contribution in [0.1, 0.15) is 0 Å². The Morgan fingerprint density at radius 1 is 0.824 bits per heavy atom. The second-order valence-electron chi connectivity index (χ2n) is 2.88. The van der Waals surface area contributed by atoms with E-state index in [4.69, 9.17) is 15.9 Å². The monoisotopic (exact) mass is 274 g/mol. The van der Waals surface area contributed by atoms with Crippen LogP contribution in [-0.2, 0) is 21.2 Å². The van der Waals surface area contributed by atoms with E-state index in [9.17, 15) is 0 Å². The van der Waals surface area contributed by atoms with Gasteiger partial charge in [0.1, 0.15) is 0 Å². The largest absolute Gasteiger partial charge is 0.255 e. The van der Waals surface area contributed by atoms with Crippen LogP contribution in [0.15, 0.2) is 48.8 Å². The molecule has 2 heterocycles. The summed E-state index contributed by atoms with van der Waals surface area (Å²) in [5.74, 6) is 0. The van der Waals surface area contributed by atoms with Crippen molar-refractivity contribution in [2.75, 3.05) is 0 Å². The molecule has 0 saturated heterocycles. The average molecular weight is 274 g/mol. The third-order valence-corrected chi connectivity index (χ3v) is 1.59. The van der Waals surface area contributed by atoms with Crippen molar-refractivity contribution < 1.29 is 29.5 Å². The fourth-order valence-electron chi connectivity index (χ4n) is 1.03. The standard InChI is InChI=1S/C10H8N2.Cr.2H2O.2O/c1-3-7-11-9(5-1)10-6-2-4-8-12-10;;;;;/h1-8H;;2*1H2;;/q;+2;;;;/p-2. The van der Waals surface area contributed by atoms with Crippen molar-refractivity contribution in [3.63, 3.8) is 0 Å². The average Bonchev–Trinajstić information content (AvgIpc) is 2.29. The number of hydrogen-bond donors (Lipinski definition) is 2. The van der Waals surface area contributed by atoms with Gasteiger partial charge in [0.05, 0.1) is 11.4 Å². The first kappa shape index (κ1) is 13.4. The summed E-state index contributed by atoms with van der Waals surface area (Å²) in [5, 5.41) is 0. The fourth-order valence-corrected chi connectivity index (χ4v) is 1.03. The van der Waals surface area contributed by atoms with E-state index in [1.54, 1.807) is 12.4 Å². The first-order valence-electron chi connectivity index (χ1n) is 4.49. The molecule has 0 aliphatic carbocycles. The predicted molar refractivity (Wildman–Crippen MR) is 53.3 cm³/mol. The van der Waals surface area contributed by atoms with Gasteiger partial charge in [0.15, 0.2) is 0 Å². The zero-order valence-electron chi connectivity index (χ0n) is 8.63. The molecule has 0 aliphatic rings. The Hall–Kier alpha value is -1.65. The van der Waals surface area contributed by atoms with Gasteiger partial charge in [-0.25, -0.2) is 0 Å². The smallest absolute Gasteiger partial charge is 0.0886 e. The third-order valence-electron chi connectivity index (χ3n) is 1.59. The molecule has 7 heteroatoms. The van der Waals surface area contributed by atoms with E-state index in [-0.39, 0.29) is 0 Å². The Bertz CT molecular complexity index is 498. The van der Waals surface area contributed by atoms with Gasteiger partial charge in [0, 0.05) is 12.4 Å². The summed E-state index contributed by atoms with van der Waals surface area (Å²) < 4.78 is 31.9. The normalized spacial score (nSPS) is 10.2. The van der Waals surface area contributed by atoms with Gasteiger partial charge in [-0.1, -0.05) is 12.1 Å². The van der Waals surface area contributed by atoms with Crippen LogP contribution in [0.25, 0.3) is 11.4 Å². The molecule has 90 valence electrons. The van der Waals surface area contributed by atoms with E-state index in [0.29, 0.717) is 0 Å². The number of aromatic nitrogens is 2. The maximum atomic E-state index is 8.82. The number of pyridine rings is 2. The molecule has 0 bridgehead atoms.